The zero-order chi connectivity index (χ0) is 19.5. The van der Waals surface area contributed by atoms with Gasteiger partial charge in [-0.15, -0.1) is 0 Å². The first-order valence-electron chi connectivity index (χ1n) is 11.1. The number of likely N-dealkylation sites (N-methyl/N-ethyl adjacent to an activating group) is 1. The van der Waals surface area contributed by atoms with Gasteiger partial charge in [0.05, 0.1) is 21.1 Å². The van der Waals surface area contributed by atoms with Crippen molar-refractivity contribution in [3.8, 4) is 0 Å². The number of unbranched alkanes of at least 4 members (excludes halogenated alkanes) is 11. The fourth-order valence-corrected chi connectivity index (χ4v) is 2.85. The predicted octanol–water partition coefficient (Wildman–Crippen LogP) is 6.27. The van der Waals surface area contributed by atoms with Gasteiger partial charge >= 0.3 is 5.97 Å². The van der Waals surface area contributed by atoms with Crippen LogP contribution in [0.5, 0.6) is 0 Å². The molecule has 0 spiro atoms. The summed E-state index contributed by atoms with van der Waals surface area (Å²) in [7, 11) is 6.33. The maximum absolute atomic E-state index is 11.6. The molecule has 0 heterocycles. The number of rotatable bonds is 18. The van der Waals surface area contributed by atoms with E-state index in [4.69, 9.17) is 4.74 Å². The summed E-state index contributed by atoms with van der Waals surface area (Å²) in [5, 5.41) is 0. The molecule has 3 nitrogen and oxygen atoms in total. The van der Waals surface area contributed by atoms with Gasteiger partial charge < -0.3 is 9.22 Å². The van der Waals surface area contributed by atoms with Crippen LogP contribution >= 0.6 is 0 Å². The molecule has 0 atom stereocenters. The summed E-state index contributed by atoms with van der Waals surface area (Å²) >= 11 is 0. The van der Waals surface area contributed by atoms with Gasteiger partial charge in [-0.05, 0) is 32.1 Å². The molecule has 0 fully saturated rings. The predicted molar refractivity (Wildman–Crippen MR) is 113 cm³/mol. The zero-order valence-corrected chi connectivity index (χ0v) is 18.2. The van der Waals surface area contributed by atoms with Gasteiger partial charge in [0.1, 0.15) is 13.2 Å². The lowest BCUT2D eigenvalue weighted by Gasteiger charge is -2.23. The van der Waals surface area contributed by atoms with Gasteiger partial charge in [-0.25, -0.2) is 0 Å². The van der Waals surface area contributed by atoms with Gasteiger partial charge in [-0.3, -0.25) is 4.79 Å². The van der Waals surface area contributed by atoms with Crippen molar-refractivity contribution >= 4 is 5.97 Å². The second kappa shape index (κ2) is 17.6. The monoisotopic (exact) mass is 368 g/mol. The average Bonchev–Trinajstić information content (AvgIpc) is 2.57. The normalized spacial score (nSPS) is 12.0. The topological polar surface area (TPSA) is 26.3 Å². The van der Waals surface area contributed by atoms with Gasteiger partial charge in [0.15, 0.2) is 0 Å². The smallest absolute Gasteiger partial charge is 0.305 e. The maximum atomic E-state index is 11.6. The molecule has 0 unspecified atom stereocenters. The van der Waals surface area contributed by atoms with Crippen molar-refractivity contribution in [3.05, 3.63) is 12.2 Å². The van der Waals surface area contributed by atoms with Crippen LogP contribution < -0.4 is 0 Å². The molecule has 0 saturated heterocycles. The van der Waals surface area contributed by atoms with Gasteiger partial charge in [0, 0.05) is 6.42 Å². The highest BCUT2D eigenvalue weighted by atomic mass is 16.5. The Morgan fingerprint density at radius 3 is 1.81 bits per heavy atom. The molecule has 0 rings (SSSR count). The minimum atomic E-state index is -0.0314. The van der Waals surface area contributed by atoms with Crippen molar-refractivity contribution in [2.45, 2.75) is 96.8 Å². The van der Waals surface area contributed by atoms with Crippen LogP contribution in [0.25, 0.3) is 0 Å². The van der Waals surface area contributed by atoms with E-state index in [-0.39, 0.29) is 5.97 Å². The molecule has 0 saturated carbocycles. The zero-order valence-electron chi connectivity index (χ0n) is 18.2. The fraction of sp³-hybridized carbons (Fsp3) is 0.870. The number of allylic oxidation sites excluding steroid dienone is 2. The summed E-state index contributed by atoms with van der Waals surface area (Å²) in [4.78, 5) is 11.6. The number of nitrogens with zero attached hydrogens (tertiary/aromatic N) is 1. The van der Waals surface area contributed by atoms with Gasteiger partial charge in [-0.1, -0.05) is 70.4 Å². The second-order valence-electron chi connectivity index (χ2n) is 8.57. The van der Waals surface area contributed by atoms with E-state index in [9.17, 15) is 4.79 Å². The largest absolute Gasteiger partial charge is 0.460 e. The summed E-state index contributed by atoms with van der Waals surface area (Å²) < 4.78 is 6.11. The number of hydrogen-bond donors (Lipinski definition) is 0. The Labute approximate surface area is 163 Å². The Bertz CT molecular complexity index is 345. The highest BCUT2D eigenvalue weighted by Gasteiger charge is 2.09. The summed E-state index contributed by atoms with van der Waals surface area (Å²) in [6, 6.07) is 0. The molecule has 0 aliphatic heterocycles. The molecule has 154 valence electrons. The Balaban J connectivity index is 3.25. The molecular formula is C23H46NO2+. The molecule has 0 aromatic carbocycles. The van der Waals surface area contributed by atoms with Gasteiger partial charge in [-0.2, -0.15) is 0 Å². The molecule has 3 heteroatoms. The highest BCUT2D eigenvalue weighted by molar-refractivity contribution is 5.69. The van der Waals surface area contributed by atoms with Crippen molar-refractivity contribution in [3.63, 3.8) is 0 Å². The van der Waals surface area contributed by atoms with E-state index in [0.29, 0.717) is 13.0 Å². The lowest BCUT2D eigenvalue weighted by atomic mass is 10.1. The van der Waals surface area contributed by atoms with E-state index in [0.717, 1.165) is 23.9 Å². The molecular weight excluding hydrogens is 322 g/mol. The average molecular weight is 369 g/mol. The van der Waals surface area contributed by atoms with Crippen LogP contribution in [0, 0.1) is 0 Å². The Hall–Kier alpha value is -0.830. The highest BCUT2D eigenvalue weighted by Crippen LogP contribution is 2.10. The number of hydrogen-bond acceptors (Lipinski definition) is 2. The third kappa shape index (κ3) is 21.2. The number of ether oxygens (including phenoxy) is 1. The van der Waals surface area contributed by atoms with E-state index in [2.05, 4.69) is 40.2 Å². The van der Waals surface area contributed by atoms with E-state index in [1.165, 1.54) is 70.6 Å². The van der Waals surface area contributed by atoms with Crippen molar-refractivity contribution < 1.29 is 14.0 Å². The number of carbonyl (C=O) groups excluding carboxylic acids is 1. The molecule has 0 aliphatic carbocycles. The molecule has 26 heavy (non-hydrogen) atoms. The lowest BCUT2D eigenvalue weighted by Crippen LogP contribution is -2.37. The van der Waals surface area contributed by atoms with Gasteiger partial charge in [0.25, 0.3) is 0 Å². The minimum Gasteiger partial charge on any atom is -0.460 e. The van der Waals surface area contributed by atoms with Crippen LogP contribution in [0.1, 0.15) is 96.8 Å². The van der Waals surface area contributed by atoms with Crippen LogP contribution in [0.2, 0.25) is 0 Å². The molecule has 0 aliphatic rings. The molecule has 0 aromatic heterocycles. The quantitative estimate of drug-likeness (QED) is 0.123. The molecule has 0 aromatic rings. The first kappa shape index (κ1) is 25.2. The number of carbonyl (C=O) groups is 1. The Morgan fingerprint density at radius 2 is 1.27 bits per heavy atom. The summed E-state index contributed by atoms with van der Waals surface area (Å²) in [6.07, 6.45) is 22.0. The van der Waals surface area contributed by atoms with Crippen molar-refractivity contribution in [1.29, 1.82) is 0 Å². The number of quaternary nitrogens is 1. The first-order valence-corrected chi connectivity index (χ1v) is 11.1. The molecule has 0 radical (unpaired) electrons. The Morgan fingerprint density at radius 1 is 0.769 bits per heavy atom. The van der Waals surface area contributed by atoms with E-state index >= 15 is 0 Å². The SMILES string of the molecule is CCCCCCCCC=CCCCCCCCC(=O)OCC[N+](C)(C)C. The fourth-order valence-electron chi connectivity index (χ4n) is 2.85. The lowest BCUT2D eigenvalue weighted by molar-refractivity contribution is -0.870. The van der Waals surface area contributed by atoms with Crippen LogP contribution in [-0.4, -0.2) is 44.7 Å². The maximum Gasteiger partial charge on any atom is 0.305 e. The third-order valence-electron chi connectivity index (χ3n) is 4.67. The van der Waals surface area contributed by atoms with Crippen LogP contribution in [0.3, 0.4) is 0 Å². The standard InChI is InChI=1S/C23H46NO2/c1-5-6-7-8-9-10-11-12-13-14-15-16-17-18-19-20-23(25)26-22-21-24(2,3)4/h12-13H,5-11,14-22H2,1-4H3/q+1. The summed E-state index contributed by atoms with van der Waals surface area (Å²) in [5.41, 5.74) is 0. The van der Waals surface area contributed by atoms with Crippen LogP contribution in [0.15, 0.2) is 12.2 Å². The molecule has 0 bridgehead atoms. The summed E-state index contributed by atoms with van der Waals surface area (Å²) in [6.45, 7) is 3.68. The van der Waals surface area contributed by atoms with Crippen molar-refractivity contribution in [1.82, 2.24) is 0 Å². The van der Waals surface area contributed by atoms with E-state index < -0.39 is 0 Å². The van der Waals surface area contributed by atoms with Crippen LogP contribution in [0.4, 0.5) is 0 Å². The van der Waals surface area contributed by atoms with Crippen molar-refractivity contribution in [2.75, 3.05) is 34.3 Å². The van der Waals surface area contributed by atoms with Gasteiger partial charge in [0.2, 0.25) is 0 Å². The molecule has 0 amide bonds. The first-order chi connectivity index (χ1) is 12.5. The Kier molecular flexibility index (Phi) is 17.0. The third-order valence-corrected chi connectivity index (χ3v) is 4.67. The number of esters is 1. The summed E-state index contributed by atoms with van der Waals surface area (Å²) in [5.74, 6) is -0.0314. The van der Waals surface area contributed by atoms with E-state index in [1.54, 1.807) is 0 Å². The molecule has 0 N–H and O–H groups in total. The second-order valence-corrected chi connectivity index (χ2v) is 8.57. The van der Waals surface area contributed by atoms with Crippen molar-refractivity contribution in [2.24, 2.45) is 0 Å². The minimum absolute atomic E-state index is 0.0314. The van der Waals surface area contributed by atoms with E-state index in [1.807, 2.05) is 0 Å². The van der Waals surface area contributed by atoms with Crippen LogP contribution in [-0.2, 0) is 9.53 Å².